The molecule has 5 atom stereocenters. The number of hydrogen-bond donors (Lipinski definition) is 0. The molecular weight excluding hydrogens is 551 g/mol. The molecule has 0 radical (unpaired) electrons. The van der Waals surface area contributed by atoms with Gasteiger partial charge in [-0.15, -0.1) is 0 Å². The van der Waals surface area contributed by atoms with Crippen molar-refractivity contribution in [3.63, 3.8) is 0 Å². The summed E-state index contributed by atoms with van der Waals surface area (Å²) < 4.78 is 42.0. The van der Waals surface area contributed by atoms with Gasteiger partial charge in [-0.1, -0.05) is 86.6 Å². The first kappa shape index (κ1) is 30.5. The van der Waals surface area contributed by atoms with E-state index < -0.39 is 0 Å². The van der Waals surface area contributed by atoms with Gasteiger partial charge in [0.2, 0.25) is 0 Å². The molecule has 6 rings (SSSR count). The van der Waals surface area contributed by atoms with E-state index in [1.165, 1.54) is 0 Å². The lowest BCUT2D eigenvalue weighted by Gasteiger charge is -2.46. The van der Waals surface area contributed by atoms with Gasteiger partial charge in [-0.3, -0.25) is 0 Å². The molecule has 4 nitrogen and oxygen atoms in total. The van der Waals surface area contributed by atoms with Crippen LogP contribution in [0.2, 0.25) is 0 Å². The summed E-state index contributed by atoms with van der Waals surface area (Å²) in [4.78, 5) is 0. The summed E-state index contributed by atoms with van der Waals surface area (Å²) >= 11 is 0. The summed E-state index contributed by atoms with van der Waals surface area (Å²) in [6.07, 6.45) is 2.94. The standard InChI is InChI=1S/C39H43FO4/c1-4-35-26(2)37(42-24-28-12-7-5-8-13-28)39(43-25-29-14-9-6-10-15-29)38(44-35)34-23-30(36(40)33-17-11-16-32(33)34)22-27-18-20-31(41-3)21-19-27/h5-10,12-15,18-21,23,26,35,37-39H,4,11,16-17,22,24-25H2,1-3H3/t26-,35-,37+,38?,39-/m1/s1. The second-order valence-electron chi connectivity index (χ2n) is 12.2. The minimum atomic E-state index is -0.372. The summed E-state index contributed by atoms with van der Waals surface area (Å²) in [5.74, 6) is 0.832. The van der Waals surface area contributed by atoms with E-state index in [2.05, 4.69) is 44.2 Å². The predicted octanol–water partition coefficient (Wildman–Crippen LogP) is 8.57. The smallest absolute Gasteiger partial charge is 0.130 e. The first-order chi connectivity index (χ1) is 21.6. The topological polar surface area (TPSA) is 36.9 Å². The van der Waals surface area contributed by atoms with Gasteiger partial charge in [0.25, 0.3) is 0 Å². The van der Waals surface area contributed by atoms with E-state index in [4.69, 9.17) is 18.9 Å². The average molecular weight is 595 g/mol. The van der Waals surface area contributed by atoms with Crippen LogP contribution in [-0.4, -0.2) is 25.4 Å². The van der Waals surface area contributed by atoms with Crippen molar-refractivity contribution in [3.05, 3.63) is 136 Å². The lowest BCUT2D eigenvalue weighted by Crippen LogP contribution is -2.52. The van der Waals surface area contributed by atoms with Crippen molar-refractivity contribution in [1.29, 1.82) is 0 Å². The molecule has 0 aromatic heterocycles. The van der Waals surface area contributed by atoms with E-state index in [-0.39, 0.29) is 36.2 Å². The third kappa shape index (κ3) is 6.61. The Bertz CT molecular complexity index is 1510. The molecule has 5 heteroatoms. The average Bonchev–Trinajstić information content (AvgIpc) is 3.57. The summed E-state index contributed by atoms with van der Waals surface area (Å²) in [7, 11) is 1.66. The van der Waals surface area contributed by atoms with Crippen LogP contribution in [0.4, 0.5) is 4.39 Å². The van der Waals surface area contributed by atoms with Gasteiger partial charge >= 0.3 is 0 Å². The second kappa shape index (κ2) is 14.1. The molecule has 0 bridgehead atoms. The van der Waals surface area contributed by atoms with E-state index in [9.17, 15) is 0 Å². The van der Waals surface area contributed by atoms with Gasteiger partial charge in [0.15, 0.2) is 0 Å². The molecular formula is C39H43FO4. The molecule has 1 heterocycles. The molecule has 2 aliphatic rings. The number of halogens is 1. The zero-order valence-electron chi connectivity index (χ0n) is 26.0. The molecule has 230 valence electrons. The predicted molar refractivity (Wildman–Crippen MR) is 171 cm³/mol. The molecule has 0 amide bonds. The summed E-state index contributed by atoms with van der Waals surface area (Å²) in [6, 6.07) is 30.5. The number of fused-ring (bicyclic) bond motifs is 1. The van der Waals surface area contributed by atoms with Gasteiger partial charge in [0, 0.05) is 12.3 Å². The third-order valence-corrected chi connectivity index (χ3v) is 9.32. The van der Waals surface area contributed by atoms with Crippen LogP contribution in [0.15, 0.2) is 91.0 Å². The largest absolute Gasteiger partial charge is 0.497 e. The quantitative estimate of drug-likeness (QED) is 0.174. The molecule has 4 aromatic carbocycles. The van der Waals surface area contributed by atoms with Gasteiger partial charge in [0.05, 0.1) is 32.5 Å². The van der Waals surface area contributed by atoms with E-state index in [0.29, 0.717) is 25.2 Å². The Hall–Kier alpha value is -3.51. The highest BCUT2D eigenvalue weighted by molar-refractivity contribution is 5.47. The van der Waals surface area contributed by atoms with Gasteiger partial charge in [0.1, 0.15) is 23.8 Å². The maximum Gasteiger partial charge on any atom is 0.130 e. The lowest BCUT2D eigenvalue weighted by molar-refractivity contribution is -0.235. The van der Waals surface area contributed by atoms with Crippen LogP contribution < -0.4 is 4.74 Å². The third-order valence-electron chi connectivity index (χ3n) is 9.32. The van der Waals surface area contributed by atoms with Crippen molar-refractivity contribution < 1.29 is 23.3 Å². The highest BCUT2D eigenvalue weighted by atomic mass is 19.1. The second-order valence-corrected chi connectivity index (χ2v) is 12.2. The molecule has 1 aliphatic heterocycles. The Morgan fingerprint density at radius 2 is 1.39 bits per heavy atom. The Balaban J connectivity index is 1.39. The van der Waals surface area contributed by atoms with Gasteiger partial charge in [-0.2, -0.15) is 0 Å². The number of rotatable bonds is 11. The highest BCUT2D eigenvalue weighted by Crippen LogP contribution is 2.44. The zero-order valence-corrected chi connectivity index (χ0v) is 26.0. The van der Waals surface area contributed by atoms with Gasteiger partial charge < -0.3 is 18.9 Å². The van der Waals surface area contributed by atoms with Crippen LogP contribution in [0.25, 0.3) is 0 Å². The maximum absolute atomic E-state index is 16.1. The molecule has 0 spiro atoms. The fraction of sp³-hybridized carbons (Fsp3) is 0.385. The summed E-state index contributed by atoms with van der Waals surface area (Å²) in [5, 5.41) is 0. The maximum atomic E-state index is 16.1. The molecule has 1 saturated heterocycles. The normalized spacial score (nSPS) is 23.0. The molecule has 1 fully saturated rings. The van der Waals surface area contributed by atoms with E-state index >= 15 is 4.39 Å². The van der Waals surface area contributed by atoms with E-state index in [1.807, 2.05) is 60.7 Å². The van der Waals surface area contributed by atoms with Gasteiger partial charge in [-0.05, 0) is 82.8 Å². The van der Waals surface area contributed by atoms with Crippen molar-refractivity contribution >= 4 is 0 Å². The van der Waals surface area contributed by atoms with Gasteiger partial charge in [-0.25, -0.2) is 4.39 Å². The van der Waals surface area contributed by atoms with Crippen LogP contribution >= 0.6 is 0 Å². The first-order valence-corrected chi connectivity index (χ1v) is 16.0. The fourth-order valence-corrected chi connectivity index (χ4v) is 6.94. The monoisotopic (exact) mass is 594 g/mol. The zero-order chi connectivity index (χ0) is 30.5. The van der Waals surface area contributed by atoms with Crippen LogP contribution in [0.5, 0.6) is 5.75 Å². The van der Waals surface area contributed by atoms with Crippen molar-refractivity contribution in [1.82, 2.24) is 0 Å². The Morgan fingerprint density at radius 1 is 0.773 bits per heavy atom. The van der Waals surface area contributed by atoms with Crippen molar-refractivity contribution in [3.8, 4) is 5.75 Å². The van der Waals surface area contributed by atoms with Crippen molar-refractivity contribution in [2.75, 3.05) is 7.11 Å². The first-order valence-electron chi connectivity index (χ1n) is 16.0. The van der Waals surface area contributed by atoms with Crippen molar-refractivity contribution in [2.24, 2.45) is 5.92 Å². The minimum Gasteiger partial charge on any atom is -0.497 e. The number of methoxy groups -OCH3 is 1. The fourth-order valence-electron chi connectivity index (χ4n) is 6.94. The Morgan fingerprint density at radius 3 is 2.00 bits per heavy atom. The van der Waals surface area contributed by atoms with E-state index in [0.717, 1.165) is 64.8 Å². The SMILES string of the molecule is CC[C@H]1OC(c2cc(Cc3ccc(OC)cc3)c(F)c3c2CCC3)[C@H](OCc2ccccc2)[C@@H](OCc2ccccc2)[C@@H]1C. The van der Waals surface area contributed by atoms with Crippen LogP contribution in [-0.2, 0) is 46.7 Å². The molecule has 44 heavy (non-hydrogen) atoms. The van der Waals surface area contributed by atoms with Crippen molar-refractivity contribution in [2.45, 2.75) is 83.6 Å². The molecule has 1 aliphatic carbocycles. The summed E-state index contributed by atoms with van der Waals surface area (Å²) in [6.45, 7) is 5.32. The van der Waals surface area contributed by atoms with E-state index in [1.54, 1.807) is 7.11 Å². The highest BCUT2D eigenvalue weighted by Gasteiger charge is 2.46. The number of benzene rings is 4. The van der Waals surface area contributed by atoms with Crippen LogP contribution in [0, 0.1) is 11.7 Å². The Kier molecular flexibility index (Phi) is 9.76. The minimum absolute atomic E-state index is 0.00973. The molecule has 0 N–H and O–H groups in total. The molecule has 4 aromatic rings. The Labute approximate surface area is 261 Å². The molecule has 0 saturated carbocycles. The summed E-state index contributed by atoms with van der Waals surface area (Å²) in [5.41, 5.74) is 6.95. The number of ether oxygens (including phenoxy) is 4. The molecule has 1 unspecified atom stereocenters. The van der Waals surface area contributed by atoms with Crippen LogP contribution in [0.3, 0.4) is 0 Å². The number of hydrogen-bond acceptors (Lipinski definition) is 4. The van der Waals surface area contributed by atoms with Crippen LogP contribution in [0.1, 0.15) is 71.7 Å². The lowest BCUT2D eigenvalue weighted by atomic mass is 9.82.